The summed E-state index contributed by atoms with van der Waals surface area (Å²) in [6.07, 6.45) is 2.82. The number of benzene rings is 1. The summed E-state index contributed by atoms with van der Waals surface area (Å²) in [7, 11) is -3.43. The lowest BCUT2D eigenvalue weighted by Gasteiger charge is -2.23. The Morgan fingerprint density at radius 2 is 1.95 bits per heavy atom. The summed E-state index contributed by atoms with van der Waals surface area (Å²) in [6.45, 7) is 0.136. The number of nitrogens with one attached hydrogen (secondary N) is 1. The number of sulfonamides is 1. The Morgan fingerprint density at radius 1 is 1.21 bits per heavy atom. The van der Waals surface area contributed by atoms with Gasteiger partial charge in [-0.05, 0) is 49.1 Å². The van der Waals surface area contributed by atoms with Crippen molar-refractivity contribution in [3.63, 3.8) is 0 Å². The van der Waals surface area contributed by atoms with Crippen LogP contribution in [-0.2, 0) is 10.0 Å². The minimum absolute atomic E-state index is 0.0129. The number of rotatable bonds is 5. The molecule has 0 radical (unpaired) electrons. The first-order chi connectivity index (χ1) is 9.12. The zero-order valence-corrected chi connectivity index (χ0v) is 11.5. The van der Waals surface area contributed by atoms with Crippen LogP contribution in [0.3, 0.4) is 0 Å². The van der Waals surface area contributed by atoms with Crippen molar-refractivity contribution in [2.45, 2.75) is 30.2 Å². The van der Waals surface area contributed by atoms with Crippen LogP contribution in [0.1, 0.15) is 19.3 Å². The molecule has 2 aliphatic rings. The summed E-state index contributed by atoms with van der Waals surface area (Å²) in [5.41, 5.74) is 0. The molecule has 3 rings (SSSR count). The summed E-state index contributed by atoms with van der Waals surface area (Å²) in [6, 6.07) is 8.47. The van der Waals surface area contributed by atoms with E-state index in [1.165, 1.54) is 6.42 Å². The largest absolute Gasteiger partial charge is 0.396 e. The molecule has 2 saturated carbocycles. The van der Waals surface area contributed by atoms with Gasteiger partial charge in [0, 0.05) is 12.6 Å². The van der Waals surface area contributed by atoms with Crippen LogP contribution in [0.25, 0.3) is 0 Å². The first-order valence-electron chi connectivity index (χ1n) is 6.80. The van der Waals surface area contributed by atoms with Crippen LogP contribution in [0.5, 0.6) is 0 Å². The van der Waals surface area contributed by atoms with Crippen molar-refractivity contribution in [1.29, 1.82) is 0 Å². The monoisotopic (exact) mass is 281 g/mol. The van der Waals surface area contributed by atoms with E-state index in [9.17, 15) is 8.42 Å². The van der Waals surface area contributed by atoms with Crippen LogP contribution in [0.15, 0.2) is 35.2 Å². The van der Waals surface area contributed by atoms with Crippen LogP contribution in [0.4, 0.5) is 0 Å². The Labute approximate surface area is 113 Å². The lowest BCUT2D eigenvalue weighted by molar-refractivity contribution is 0.235. The van der Waals surface area contributed by atoms with Crippen molar-refractivity contribution in [1.82, 2.24) is 4.72 Å². The molecule has 2 aliphatic carbocycles. The van der Waals surface area contributed by atoms with Gasteiger partial charge in [-0.25, -0.2) is 13.1 Å². The molecule has 0 bridgehead atoms. The fraction of sp³-hybridized carbons (Fsp3) is 0.571. The fourth-order valence-corrected chi connectivity index (χ4v) is 4.75. The predicted octanol–water partition coefficient (Wildman–Crippen LogP) is 1.37. The van der Waals surface area contributed by atoms with E-state index in [1.807, 2.05) is 0 Å². The molecule has 19 heavy (non-hydrogen) atoms. The third kappa shape index (κ3) is 2.55. The third-order valence-electron chi connectivity index (χ3n) is 4.42. The van der Waals surface area contributed by atoms with Gasteiger partial charge in [0.25, 0.3) is 0 Å². The zero-order chi connectivity index (χ0) is 13.5. The summed E-state index contributed by atoms with van der Waals surface area (Å²) in [5, 5.41) is 9.12. The maximum absolute atomic E-state index is 12.3. The van der Waals surface area contributed by atoms with Crippen LogP contribution in [0.2, 0.25) is 0 Å². The predicted molar refractivity (Wildman–Crippen MR) is 72.0 cm³/mol. The Hall–Kier alpha value is -0.910. The highest BCUT2D eigenvalue weighted by Gasteiger charge is 2.53. The van der Waals surface area contributed by atoms with E-state index >= 15 is 0 Å². The van der Waals surface area contributed by atoms with E-state index in [0.717, 1.165) is 6.42 Å². The molecule has 2 fully saturated rings. The Kier molecular flexibility index (Phi) is 3.37. The van der Waals surface area contributed by atoms with Gasteiger partial charge in [-0.15, -0.1) is 0 Å². The number of aliphatic hydroxyl groups excluding tert-OH is 1. The highest BCUT2D eigenvalue weighted by molar-refractivity contribution is 7.89. The van der Waals surface area contributed by atoms with Crippen LogP contribution < -0.4 is 4.72 Å². The second-order valence-electron chi connectivity index (χ2n) is 5.61. The molecule has 104 valence electrons. The standard InChI is InChI=1S/C14H19NO3S/c16-7-6-12-13-8-10(13)9-14(12)15-19(17,18)11-4-2-1-3-5-11/h1-5,10,12-16H,6-9H2/t10-,12+,13?,14-/m1/s1. The molecule has 1 aromatic carbocycles. The minimum Gasteiger partial charge on any atom is -0.396 e. The maximum Gasteiger partial charge on any atom is 0.240 e. The molecule has 0 spiro atoms. The van der Waals surface area contributed by atoms with Crippen molar-refractivity contribution in [2.24, 2.45) is 17.8 Å². The SMILES string of the molecule is O=S(=O)(N[C@@H]1C[C@H]2CC2[C@@H]1CCO)c1ccccc1. The van der Waals surface area contributed by atoms with Gasteiger partial charge in [0.1, 0.15) is 0 Å². The highest BCUT2D eigenvalue weighted by Crippen LogP contribution is 2.56. The molecular formula is C14H19NO3S. The lowest BCUT2D eigenvalue weighted by atomic mass is 9.96. The number of hydrogen-bond acceptors (Lipinski definition) is 3. The van der Waals surface area contributed by atoms with E-state index in [-0.39, 0.29) is 12.6 Å². The molecule has 0 heterocycles. The zero-order valence-electron chi connectivity index (χ0n) is 10.7. The number of hydrogen-bond donors (Lipinski definition) is 2. The summed E-state index contributed by atoms with van der Waals surface area (Å²) >= 11 is 0. The average Bonchev–Trinajstić information content (AvgIpc) is 3.08. The molecule has 0 aliphatic heterocycles. The topological polar surface area (TPSA) is 66.4 Å². The molecule has 1 aromatic rings. The molecule has 4 atom stereocenters. The molecule has 0 saturated heterocycles. The Balaban J connectivity index is 1.74. The van der Waals surface area contributed by atoms with Crippen molar-refractivity contribution in [2.75, 3.05) is 6.61 Å². The van der Waals surface area contributed by atoms with E-state index < -0.39 is 10.0 Å². The molecule has 5 heteroatoms. The van der Waals surface area contributed by atoms with E-state index in [2.05, 4.69) is 4.72 Å². The van der Waals surface area contributed by atoms with Gasteiger partial charge in [-0.2, -0.15) is 0 Å². The Bertz CT molecular complexity index is 543. The quantitative estimate of drug-likeness (QED) is 0.856. The molecule has 2 N–H and O–H groups in total. The minimum atomic E-state index is -3.43. The second-order valence-corrected chi connectivity index (χ2v) is 7.33. The van der Waals surface area contributed by atoms with Crippen molar-refractivity contribution < 1.29 is 13.5 Å². The smallest absolute Gasteiger partial charge is 0.240 e. The van der Waals surface area contributed by atoms with E-state index in [4.69, 9.17) is 5.11 Å². The summed E-state index contributed by atoms with van der Waals surface area (Å²) < 4.78 is 27.4. The highest BCUT2D eigenvalue weighted by atomic mass is 32.2. The van der Waals surface area contributed by atoms with Gasteiger partial charge in [-0.1, -0.05) is 18.2 Å². The van der Waals surface area contributed by atoms with Crippen LogP contribution in [0, 0.1) is 17.8 Å². The first-order valence-corrected chi connectivity index (χ1v) is 8.28. The van der Waals surface area contributed by atoms with Gasteiger partial charge in [0.2, 0.25) is 10.0 Å². The molecule has 0 aromatic heterocycles. The van der Waals surface area contributed by atoms with Gasteiger partial charge in [-0.3, -0.25) is 0 Å². The van der Waals surface area contributed by atoms with Crippen molar-refractivity contribution >= 4 is 10.0 Å². The first kappa shape index (κ1) is 13.1. The summed E-state index contributed by atoms with van der Waals surface area (Å²) in [5.74, 6) is 1.59. The third-order valence-corrected chi connectivity index (χ3v) is 5.93. The van der Waals surface area contributed by atoms with Crippen LogP contribution >= 0.6 is 0 Å². The molecule has 0 amide bonds. The van der Waals surface area contributed by atoms with Crippen LogP contribution in [-0.4, -0.2) is 26.2 Å². The van der Waals surface area contributed by atoms with Crippen molar-refractivity contribution in [3.8, 4) is 0 Å². The second kappa shape index (κ2) is 4.89. The Morgan fingerprint density at radius 3 is 2.63 bits per heavy atom. The average molecular weight is 281 g/mol. The van der Waals surface area contributed by atoms with Gasteiger partial charge in [0.15, 0.2) is 0 Å². The summed E-state index contributed by atoms with van der Waals surface area (Å²) in [4.78, 5) is 0.318. The fourth-order valence-electron chi connectivity index (χ4n) is 3.43. The number of fused-ring (bicyclic) bond motifs is 1. The van der Waals surface area contributed by atoms with Gasteiger partial charge < -0.3 is 5.11 Å². The van der Waals surface area contributed by atoms with Gasteiger partial charge in [0.05, 0.1) is 4.90 Å². The number of aliphatic hydroxyl groups is 1. The molecule has 4 nitrogen and oxygen atoms in total. The normalized spacial score (nSPS) is 33.1. The lowest BCUT2D eigenvalue weighted by Crippen LogP contribution is -2.39. The van der Waals surface area contributed by atoms with E-state index in [0.29, 0.717) is 29.1 Å². The molecular weight excluding hydrogens is 262 g/mol. The van der Waals surface area contributed by atoms with Crippen molar-refractivity contribution in [3.05, 3.63) is 30.3 Å². The maximum atomic E-state index is 12.3. The van der Waals surface area contributed by atoms with E-state index in [1.54, 1.807) is 30.3 Å². The molecule has 1 unspecified atom stereocenters. The van der Waals surface area contributed by atoms with Gasteiger partial charge >= 0.3 is 0 Å².